The number of furan rings is 1. The van der Waals surface area contributed by atoms with Crippen molar-refractivity contribution in [2.45, 2.75) is 33.1 Å². The molecule has 1 N–H and O–H groups in total. The van der Waals surface area contributed by atoms with Gasteiger partial charge in [-0.25, -0.2) is 0 Å². The number of benzene rings is 2. The number of carbonyl (C=O) groups excluding carboxylic acids is 1. The summed E-state index contributed by atoms with van der Waals surface area (Å²) >= 11 is 0. The van der Waals surface area contributed by atoms with Crippen LogP contribution in [0.4, 0.5) is 0 Å². The number of nitrogens with one attached hydrogen (secondary N) is 1. The number of hydrogen-bond donors (Lipinski definition) is 1. The van der Waals surface area contributed by atoms with Crippen LogP contribution in [0.1, 0.15) is 47.0 Å². The van der Waals surface area contributed by atoms with Crippen LogP contribution in [0.2, 0.25) is 0 Å². The lowest BCUT2D eigenvalue weighted by Gasteiger charge is -2.11. The standard InChI is InChI=1S/C24H27NO4/c1-16(2)19-10-9-17(3)22(15-19)29-23-12-11-21(28-23)24(26)25-14-13-18-7-5-6-8-20(18)27-4/h5-12,15-16H,13-14H2,1-4H3,(H,25,26). The summed E-state index contributed by atoms with van der Waals surface area (Å²) in [6, 6.07) is 17.2. The number of methoxy groups -OCH3 is 1. The lowest BCUT2D eigenvalue weighted by molar-refractivity contribution is 0.0921. The fourth-order valence-corrected chi connectivity index (χ4v) is 3.00. The van der Waals surface area contributed by atoms with Crippen molar-refractivity contribution in [3.63, 3.8) is 0 Å². The predicted molar refractivity (Wildman–Crippen MR) is 113 cm³/mol. The summed E-state index contributed by atoms with van der Waals surface area (Å²) < 4.78 is 16.8. The number of carbonyl (C=O) groups is 1. The summed E-state index contributed by atoms with van der Waals surface area (Å²) in [5, 5.41) is 2.87. The van der Waals surface area contributed by atoms with E-state index in [1.807, 2.05) is 43.3 Å². The molecule has 2 aromatic carbocycles. The maximum absolute atomic E-state index is 12.4. The largest absolute Gasteiger partial charge is 0.496 e. The first-order valence-corrected chi connectivity index (χ1v) is 9.76. The van der Waals surface area contributed by atoms with E-state index in [4.69, 9.17) is 13.9 Å². The van der Waals surface area contributed by atoms with Crippen molar-refractivity contribution in [1.82, 2.24) is 5.32 Å². The molecule has 0 aliphatic heterocycles. The fraction of sp³-hybridized carbons (Fsp3) is 0.292. The van der Waals surface area contributed by atoms with Crippen molar-refractivity contribution in [1.29, 1.82) is 0 Å². The Morgan fingerprint density at radius 2 is 1.86 bits per heavy atom. The van der Waals surface area contributed by atoms with Crippen LogP contribution in [-0.4, -0.2) is 19.6 Å². The first kappa shape index (κ1) is 20.5. The van der Waals surface area contributed by atoms with Crippen molar-refractivity contribution in [3.05, 3.63) is 77.0 Å². The van der Waals surface area contributed by atoms with E-state index in [0.29, 0.717) is 24.8 Å². The molecule has 152 valence electrons. The number of aryl methyl sites for hydroxylation is 1. The average Bonchev–Trinajstić information content (AvgIpc) is 3.18. The SMILES string of the molecule is COc1ccccc1CCNC(=O)c1ccc(Oc2cc(C(C)C)ccc2C)o1. The summed E-state index contributed by atoms with van der Waals surface area (Å²) in [4.78, 5) is 12.4. The van der Waals surface area contributed by atoms with E-state index < -0.39 is 0 Å². The van der Waals surface area contributed by atoms with Crippen molar-refractivity contribution < 1.29 is 18.7 Å². The minimum atomic E-state index is -0.276. The van der Waals surface area contributed by atoms with Gasteiger partial charge in [-0.3, -0.25) is 4.79 Å². The van der Waals surface area contributed by atoms with E-state index in [0.717, 1.165) is 22.6 Å². The average molecular weight is 393 g/mol. The van der Waals surface area contributed by atoms with Gasteiger partial charge in [0.1, 0.15) is 11.5 Å². The third kappa shape index (κ3) is 5.19. The summed E-state index contributed by atoms with van der Waals surface area (Å²) in [5.41, 5.74) is 3.24. The molecule has 0 bridgehead atoms. The highest BCUT2D eigenvalue weighted by atomic mass is 16.6. The molecule has 0 aliphatic carbocycles. The Balaban J connectivity index is 1.59. The lowest BCUT2D eigenvalue weighted by atomic mass is 10.0. The Morgan fingerprint density at radius 3 is 2.62 bits per heavy atom. The van der Waals surface area contributed by atoms with Gasteiger partial charge in [-0.2, -0.15) is 0 Å². The molecule has 0 radical (unpaired) electrons. The Hall–Kier alpha value is -3.21. The summed E-state index contributed by atoms with van der Waals surface area (Å²) in [5.74, 6) is 2.19. The monoisotopic (exact) mass is 393 g/mol. The van der Waals surface area contributed by atoms with Gasteiger partial charge in [-0.1, -0.05) is 44.2 Å². The normalized spacial score (nSPS) is 10.8. The van der Waals surface area contributed by atoms with Crippen molar-refractivity contribution in [2.75, 3.05) is 13.7 Å². The molecule has 29 heavy (non-hydrogen) atoms. The van der Waals surface area contributed by atoms with Crippen LogP contribution in [0.5, 0.6) is 17.4 Å². The van der Waals surface area contributed by atoms with Crippen LogP contribution in [0, 0.1) is 6.92 Å². The maximum atomic E-state index is 12.4. The highest BCUT2D eigenvalue weighted by Crippen LogP contribution is 2.29. The molecular formula is C24H27NO4. The first-order chi connectivity index (χ1) is 14.0. The van der Waals surface area contributed by atoms with Gasteiger partial charge in [0.05, 0.1) is 7.11 Å². The third-order valence-corrected chi connectivity index (χ3v) is 4.77. The molecule has 5 nitrogen and oxygen atoms in total. The van der Waals surface area contributed by atoms with Gasteiger partial charge in [0, 0.05) is 12.6 Å². The minimum Gasteiger partial charge on any atom is -0.496 e. The highest BCUT2D eigenvalue weighted by Gasteiger charge is 2.14. The van der Waals surface area contributed by atoms with Gasteiger partial charge in [0.25, 0.3) is 11.9 Å². The van der Waals surface area contributed by atoms with E-state index in [9.17, 15) is 4.79 Å². The van der Waals surface area contributed by atoms with Gasteiger partial charge >= 0.3 is 0 Å². The molecule has 1 aromatic heterocycles. The van der Waals surface area contributed by atoms with Crippen LogP contribution in [0.15, 0.2) is 59.0 Å². The zero-order chi connectivity index (χ0) is 20.8. The number of rotatable bonds is 8. The molecule has 0 unspecified atom stereocenters. The Bertz CT molecular complexity index is 975. The number of amides is 1. The molecular weight excluding hydrogens is 366 g/mol. The minimum absolute atomic E-state index is 0.220. The Labute approximate surface area is 171 Å². The summed E-state index contributed by atoms with van der Waals surface area (Å²) in [6.45, 7) is 6.73. The predicted octanol–water partition coefficient (Wildman–Crippen LogP) is 5.48. The van der Waals surface area contributed by atoms with E-state index in [1.165, 1.54) is 5.56 Å². The van der Waals surface area contributed by atoms with Gasteiger partial charge in [-0.05, 0) is 54.2 Å². The first-order valence-electron chi connectivity index (χ1n) is 9.76. The molecule has 0 saturated heterocycles. The second-order valence-electron chi connectivity index (χ2n) is 7.22. The van der Waals surface area contributed by atoms with Crippen LogP contribution in [0.3, 0.4) is 0 Å². The van der Waals surface area contributed by atoms with Crippen LogP contribution in [0.25, 0.3) is 0 Å². The van der Waals surface area contributed by atoms with Crippen LogP contribution >= 0.6 is 0 Å². The number of hydrogen-bond acceptors (Lipinski definition) is 4. The van der Waals surface area contributed by atoms with Gasteiger partial charge in [0.2, 0.25) is 0 Å². The topological polar surface area (TPSA) is 60.7 Å². The Morgan fingerprint density at radius 1 is 1.07 bits per heavy atom. The molecule has 0 aliphatic rings. The zero-order valence-corrected chi connectivity index (χ0v) is 17.3. The van der Waals surface area contributed by atoms with E-state index >= 15 is 0 Å². The number of ether oxygens (including phenoxy) is 2. The third-order valence-electron chi connectivity index (χ3n) is 4.77. The number of para-hydroxylation sites is 1. The summed E-state index contributed by atoms with van der Waals surface area (Å²) in [7, 11) is 1.64. The molecule has 1 heterocycles. The van der Waals surface area contributed by atoms with E-state index in [2.05, 4.69) is 25.2 Å². The molecule has 3 rings (SSSR count). The molecule has 5 heteroatoms. The van der Waals surface area contributed by atoms with Crippen molar-refractivity contribution in [3.8, 4) is 17.4 Å². The molecule has 0 spiro atoms. The quantitative estimate of drug-likeness (QED) is 0.550. The molecule has 0 saturated carbocycles. The Kier molecular flexibility index (Phi) is 6.60. The van der Waals surface area contributed by atoms with E-state index in [1.54, 1.807) is 19.2 Å². The highest BCUT2D eigenvalue weighted by molar-refractivity contribution is 5.91. The van der Waals surface area contributed by atoms with Crippen molar-refractivity contribution >= 4 is 5.91 Å². The van der Waals surface area contributed by atoms with Crippen LogP contribution < -0.4 is 14.8 Å². The maximum Gasteiger partial charge on any atom is 0.290 e. The van der Waals surface area contributed by atoms with Gasteiger partial charge < -0.3 is 19.2 Å². The molecule has 3 aromatic rings. The van der Waals surface area contributed by atoms with Crippen molar-refractivity contribution in [2.24, 2.45) is 0 Å². The lowest BCUT2D eigenvalue weighted by Crippen LogP contribution is -2.25. The summed E-state index contributed by atoms with van der Waals surface area (Å²) in [6.07, 6.45) is 0.668. The van der Waals surface area contributed by atoms with E-state index in [-0.39, 0.29) is 11.7 Å². The molecule has 0 atom stereocenters. The molecule has 1 amide bonds. The van der Waals surface area contributed by atoms with Gasteiger partial charge in [-0.15, -0.1) is 0 Å². The smallest absolute Gasteiger partial charge is 0.290 e. The molecule has 0 fully saturated rings. The van der Waals surface area contributed by atoms with Crippen LogP contribution in [-0.2, 0) is 6.42 Å². The second kappa shape index (κ2) is 9.32. The second-order valence-corrected chi connectivity index (χ2v) is 7.22. The fourth-order valence-electron chi connectivity index (χ4n) is 3.00. The van der Waals surface area contributed by atoms with Gasteiger partial charge in [0.15, 0.2) is 5.76 Å². The zero-order valence-electron chi connectivity index (χ0n) is 17.3.